The molecule has 0 amide bonds. The van der Waals surface area contributed by atoms with Gasteiger partial charge in [0.05, 0.1) is 12.9 Å². The number of halogens is 2. The van der Waals surface area contributed by atoms with Crippen LogP contribution < -0.4 is 5.56 Å². The normalized spacial score (nSPS) is 10.4. The second kappa shape index (κ2) is 4.76. The van der Waals surface area contributed by atoms with Crippen LogP contribution in [0.5, 0.6) is 0 Å². The zero-order valence-electron chi connectivity index (χ0n) is 8.10. The molecule has 0 aliphatic heterocycles. The molecule has 2 heterocycles. The van der Waals surface area contributed by atoms with Crippen molar-refractivity contribution in [2.45, 2.75) is 6.54 Å². The van der Waals surface area contributed by atoms with Gasteiger partial charge in [-0.15, -0.1) is 0 Å². The van der Waals surface area contributed by atoms with Crippen LogP contribution in [0.4, 0.5) is 0 Å². The van der Waals surface area contributed by atoms with E-state index in [9.17, 15) is 4.79 Å². The summed E-state index contributed by atoms with van der Waals surface area (Å²) in [6.45, 7) is 0.424. The largest absolute Gasteiger partial charge is 0.294 e. The monoisotopic (exact) mass is 299 g/mol. The lowest BCUT2D eigenvalue weighted by Crippen LogP contribution is -2.21. The van der Waals surface area contributed by atoms with Crippen molar-refractivity contribution in [2.24, 2.45) is 0 Å². The van der Waals surface area contributed by atoms with Crippen LogP contribution >= 0.6 is 27.5 Å². The lowest BCUT2D eigenvalue weighted by atomic mass is 10.3. The van der Waals surface area contributed by atoms with Gasteiger partial charge in [0.25, 0.3) is 5.56 Å². The van der Waals surface area contributed by atoms with E-state index in [1.165, 1.54) is 17.1 Å². The van der Waals surface area contributed by atoms with Gasteiger partial charge in [0, 0.05) is 12.4 Å². The molecular weight excluding hydrogens is 293 g/mol. The first-order valence-electron chi connectivity index (χ1n) is 4.47. The summed E-state index contributed by atoms with van der Waals surface area (Å²) < 4.78 is 1.94. The average Bonchev–Trinajstić information content (AvgIpc) is 2.25. The Hall–Kier alpha value is -1.20. The van der Waals surface area contributed by atoms with E-state index in [4.69, 9.17) is 11.6 Å². The van der Waals surface area contributed by atoms with Crippen LogP contribution in [0.15, 0.2) is 40.1 Å². The Balaban J connectivity index is 2.34. The Kier molecular flexibility index (Phi) is 3.36. The predicted octanol–water partition coefficient (Wildman–Crippen LogP) is 2.10. The second-order valence-electron chi connectivity index (χ2n) is 3.16. The molecule has 16 heavy (non-hydrogen) atoms. The van der Waals surface area contributed by atoms with E-state index >= 15 is 0 Å². The van der Waals surface area contributed by atoms with Crippen molar-refractivity contribution in [3.05, 3.63) is 56.4 Å². The molecule has 0 aliphatic carbocycles. The first-order chi connectivity index (χ1) is 7.66. The fraction of sp³-hybridized carbons (Fsp3) is 0.100. The van der Waals surface area contributed by atoms with E-state index in [-0.39, 0.29) is 5.56 Å². The molecule has 2 rings (SSSR count). The molecule has 0 saturated heterocycles. The summed E-state index contributed by atoms with van der Waals surface area (Å²) in [5.74, 6) is 0. The molecule has 0 fully saturated rings. The average molecular weight is 301 g/mol. The zero-order chi connectivity index (χ0) is 11.5. The van der Waals surface area contributed by atoms with Gasteiger partial charge in [0.15, 0.2) is 0 Å². The Bertz CT molecular complexity index is 570. The lowest BCUT2D eigenvalue weighted by Gasteiger charge is -2.05. The smallest absolute Gasteiger partial charge is 0.267 e. The fourth-order valence-electron chi connectivity index (χ4n) is 1.27. The summed E-state index contributed by atoms with van der Waals surface area (Å²) in [4.78, 5) is 19.5. The summed E-state index contributed by atoms with van der Waals surface area (Å²) in [5, 5.41) is 0.411. The molecule has 6 heteroatoms. The molecule has 0 radical (unpaired) electrons. The molecule has 0 aliphatic rings. The van der Waals surface area contributed by atoms with E-state index in [1.54, 1.807) is 18.3 Å². The predicted molar refractivity (Wildman–Crippen MR) is 64.5 cm³/mol. The molecule has 2 aromatic rings. The van der Waals surface area contributed by atoms with Crippen molar-refractivity contribution in [2.75, 3.05) is 0 Å². The summed E-state index contributed by atoms with van der Waals surface area (Å²) in [5.41, 5.74) is 0.782. The minimum Gasteiger partial charge on any atom is -0.294 e. The van der Waals surface area contributed by atoms with E-state index in [0.717, 1.165) is 5.56 Å². The highest BCUT2D eigenvalue weighted by Gasteiger charge is 2.02. The van der Waals surface area contributed by atoms with E-state index < -0.39 is 0 Å². The van der Waals surface area contributed by atoms with Crippen LogP contribution in [0.25, 0.3) is 0 Å². The van der Waals surface area contributed by atoms with Gasteiger partial charge in [-0.3, -0.25) is 9.36 Å². The number of hydrogen-bond acceptors (Lipinski definition) is 3. The van der Waals surface area contributed by atoms with Crippen molar-refractivity contribution in [3.8, 4) is 0 Å². The van der Waals surface area contributed by atoms with Crippen LogP contribution in [0.2, 0.25) is 5.15 Å². The van der Waals surface area contributed by atoms with Crippen LogP contribution in [-0.2, 0) is 6.54 Å². The summed E-state index contributed by atoms with van der Waals surface area (Å²) in [6.07, 6.45) is 4.56. The number of nitrogens with zero attached hydrogens (tertiary/aromatic N) is 3. The van der Waals surface area contributed by atoms with Crippen molar-refractivity contribution in [1.82, 2.24) is 14.5 Å². The quantitative estimate of drug-likeness (QED) is 0.798. The minimum atomic E-state index is -0.122. The molecule has 82 valence electrons. The number of hydrogen-bond donors (Lipinski definition) is 0. The zero-order valence-corrected chi connectivity index (χ0v) is 10.4. The van der Waals surface area contributed by atoms with E-state index in [0.29, 0.717) is 16.2 Å². The van der Waals surface area contributed by atoms with Crippen molar-refractivity contribution < 1.29 is 0 Å². The Labute approximate surface area is 105 Å². The molecule has 0 spiro atoms. The van der Waals surface area contributed by atoms with Gasteiger partial charge in [-0.1, -0.05) is 11.6 Å². The standard InChI is InChI=1S/C10H7BrClN3O/c11-8-4-13-6-15(10(8)16)5-7-1-2-14-9(12)3-7/h1-4,6H,5H2. The van der Waals surface area contributed by atoms with Crippen LogP contribution in [0.1, 0.15) is 5.56 Å². The molecule has 0 saturated carbocycles. The lowest BCUT2D eigenvalue weighted by molar-refractivity contribution is 0.730. The maximum Gasteiger partial charge on any atom is 0.267 e. The number of aromatic nitrogens is 3. The van der Waals surface area contributed by atoms with Crippen LogP contribution in [0.3, 0.4) is 0 Å². The molecular formula is C10H7BrClN3O. The molecule has 4 nitrogen and oxygen atoms in total. The van der Waals surface area contributed by atoms with E-state index in [1.807, 2.05) is 0 Å². The highest BCUT2D eigenvalue weighted by atomic mass is 79.9. The van der Waals surface area contributed by atoms with Crippen molar-refractivity contribution in [1.29, 1.82) is 0 Å². The van der Waals surface area contributed by atoms with Gasteiger partial charge in [-0.05, 0) is 33.6 Å². The Morgan fingerprint density at radius 3 is 3.06 bits per heavy atom. The third-order valence-corrected chi connectivity index (χ3v) is 2.75. The van der Waals surface area contributed by atoms with Crippen molar-refractivity contribution >= 4 is 27.5 Å². The summed E-state index contributed by atoms with van der Waals surface area (Å²) in [6, 6.07) is 3.52. The van der Waals surface area contributed by atoms with Gasteiger partial charge in [-0.25, -0.2) is 9.97 Å². The Morgan fingerprint density at radius 1 is 1.50 bits per heavy atom. The molecule has 0 N–H and O–H groups in total. The summed E-state index contributed by atoms with van der Waals surface area (Å²) in [7, 11) is 0. The second-order valence-corrected chi connectivity index (χ2v) is 4.40. The number of rotatable bonds is 2. The Morgan fingerprint density at radius 2 is 2.31 bits per heavy atom. The fourth-order valence-corrected chi connectivity index (χ4v) is 1.82. The van der Waals surface area contributed by atoms with Gasteiger partial charge < -0.3 is 0 Å². The van der Waals surface area contributed by atoms with E-state index in [2.05, 4.69) is 25.9 Å². The highest BCUT2D eigenvalue weighted by molar-refractivity contribution is 9.10. The van der Waals surface area contributed by atoms with Crippen LogP contribution in [0, 0.1) is 0 Å². The third kappa shape index (κ3) is 2.48. The highest BCUT2D eigenvalue weighted by Crippen LogP contribution is 2.08. The van der Waals surface area contributed by atoms with Gasteiger partial charge in [-0.2, -0.15) is 0 Å². The maximum atomic E-state index is 11.7. The SMILES string of the molecule is O=c1c(Br)cncn1Cc1ccnc(Cl)c1. The first-order valence-corrected chi connectivity index (χ1v) is 5.64. The van der Waals surface area contributed by atoms with Crippen molar-refractivity contribution in [3.63, 3.8) is 0 Å². The van der Waals surface area contributed by atoms with Gasteiger partial charge in [0.1, 0.15) is 9.63 Å². The van der Waals surface area contributed by atoms with Gasteiger partial charge in [0.2, 0.25) is 0 Å². The van der Waals surface area contributed by atoms with Gasteiger partial charge >= 0.3 is 0 Å². The maximum absolute atomic E-state index is 11.7. The van der Waals surface area contributed by atoms with Crippen LogP contribution in [-0.4, -0.2) is 14.5 Å². The first kappa shape index (κ1) is 11.3. The summed E-state index contributed by atoms with van der Waals surface area (Å²) >= 11 is 8.90. The molecule has 0 unspecified atom stereocenters. The molecule has 0 bridgehead atoms. The molecule has 0 atom stereocenters. The molecule has 2 aromatic heterocycles. The minimum absolute atomic E-state index is 0.122. The topological polar surface area (TPSA) is 47.8 Å². The molecule has 0 aromatic carbocycles. The number of pyridine rings is 1. The third-order valence-electron chi connectivity index (χ3n) is 2.00.